The van der Waals surface area contributed by atoms with Gasteiger partial charge in [0.2, 0.25) is 0 Å². The van der Waals surface area contributed by atoms with Crippen LogP contribution in [0.2, 0.25) is 0 Å². The Morgan fingerprint density at radius 3 is 2.61 bits per heavy atom. The Kier molecular flexibility index (Phi) is 7.99. The number of halogens is 1. The molecule has 0 aliphatic heterocycles. The number of ether oxygens (including phenoxy) is 1. The number of carbonyl (C=O) groups is 1. The van der Waals surface area contributed by atoms with Crippen molar-refractivity contribution < 1.29 is 13.9 Å². The van der Waals surface area contributed by atoms with Crippen molar-refractivity contribution in [3.8, 4) is 22.9 Å². The third kappa shape index (κ3) is 5.63. The van der Waals surface area contributed by atoms with Crippen LogP contribution in [0.1, 0.15) is 39.5 Å². The molecule has 188 valence electrons. The van der Waals surface area contributed by atoms with Gasteiger partial charge in [-0.15, -0.1) is 0 Å². The maximum atomic E-state index is 13.9. The average Bonchev–Trinajstić information content (AvgIpc) is 2.95. The molecular formula is C30H24FN5O2. The summed E-state index contributed by atoms with van der Waals surface area (Å²) in [6.45, 7) is 7.47. The summed E-state index contributed by atoms with van der Waals surface area (Å²) in [4.78, 5) is 25.3. The van der Waals surface area contributed by atoms with Crippen LogP contribution in [0.5, 0.6) is 5.75 Å². The SMILES string of the molecule is C=Nc1cc(-c2cncnc2)ccc1/C(=C\C)Oc1cccc(C(=O)NCc2ccc(C#N)c(F)c2)c1C. The van der Waals surface area contributed by atoms with E-state index < -0.39 is 5.82 Å². The smallest absolute Gasteiger partial charge is 0.251 e. The van der Waals surface area contributed by atoms with Gasteiger partial charge in [0.15, 0.2) is 0 Å². The molecule has 1 amide bonds. The van der Waals surface area contributed by atoms with E-state index >= 15 is 0 Å². The summed E-state index contributed by atoms with van der Waals surface area (Å²) in [6, 6.07) is 16.9. The van der Waals surface area contributed by atoms with Crippen LogP contribution in [0.4, 0.5) is 10.1 Å². The van der Waals surface area contributed by atoms with E-state index in [1.807, 2.05) is 31.2 Å². The number of carbonyl (C=O) groups excluding carboxylic acids is 1. The van der Waals surface area contributed by atoms with Crippen molar-refractivity contribution in [1.82, 2.24) is 15.3 Å². The second kappa shape index (κ2) is 11.7. The van der Waals surface area contributed by atoms with Gasteiger partial charge in [0.1, 0.15) is 29.7 Å². The Balaban J connectivity index is 1.54. The molecule has 0 atom stereocenters. The summed E-state index contributed by atoms with van der Waals surface area (Å²) < 4.78 is 20.2. The number of hydrogen-bond acceptors (Lipinski definition) is 6. The van der Waals surface area contributed by atoms with Crippen LogP contribution in [0, 0.1) is 24.1 Å². The molecule has 1 N–H and O–H groups in total. The quantitative estimate of drug-likeness (QED) is 0.228. The topological polar surface area (TPSA) is 100 Å². The normalized spacial score (nSPS) is 10.9. The number of amides is 1. The molecule has 38 heavy (non-hydrogen) atoms. The number of nitrogens with one attached hydrogen (secondary N) is 1. The van der Waals surface area contributed by atoms with Gasteiger partial charge in [0.05, 0.1) is 11.3 Å². The second-order valence-corrected chi connectivity index (χ2v) is 8.31. The zero-order chi connectivity index (χ0) is 27.1. The summed E-state index contributed by atoms with van der Waals surface area (Å²) in [5, 5.41) is 11.7. The van der Waals surface area contributed by atoms with E-state index in [0.29, 0.717) is 33.9 Å². The Bertz CT molecular complexity index is 1580. The molecular weight excluding hydrogens is 481 g/mol. The largest absolute Gasteiger partial charge is 0.457 e. The van der Waals surface area contributed by atoms with Gasteiger partial charge in [0.25, 0.3) is 5.91 Å². The molecule has 3 aromatic carbocycles. The minimum atomic E-state index is -0.622. The molecule has 0 bridgehead atoms. The monoisotopic (exact) mass is 505 g/mol. The molecule has 0 unspecified atom stereocenters. The summed E-state index contributed by atoms with van der Waals surface area (Å²) in [5.41, 5.74) is 4.68. The van der Waals surface area contributed by atoms with Gasteiger partial charge < -0.3 is 10.1 Å². The predicted molar refractivity (Wildman–Crippen MR) is 144 cm³/mol. The third-order valence-corrected chi connectivity index (χ3v) is 5.95. The number of benzene rings is 3. The van der Waals surface area contributed by atoms with Crippen LogP contribution in [-0.2, 0) is 6.54 Å². The van der Waals surface area contributed by atoms with Gasteiger partial charge in [-0.25, -0.2) is 14.4 Å². The van der Waals surface area contributed by atoms with E-state index in [-0.39, 0.29) is 18.0 Å². The first-order chi connectivity index (χ1) is 18.4. The van der Waals surface area contributed by atoms with E-state index in [0.717, 1.165) is 16.7 Å². The van der Waals surface area contributed by atoms with Crippen molar-refractivity contribution in [1.29, 1.82) is 5.26 Å². The van der Waals surface area contributed by atoms with Crippen LogP contribution in [-0.4, -0.2) is 22.6 Å². The number of nitriles is 1. The number of hydrogen-bond donors (Lipinski definition) is 1. The maximum absolute atomic E-state index is 13.9. The highest BCUT2D eigenvalue weighted by molar-refractivity contribution is 5.96. The Labute approximate surface area is 220 Å². The van der Waals surface area contributed by atoms with E-state index in [1.165, 1.54) is 18.5 Å². The predicted octanol–water partition coefficient (Wildman–Crippen LogP) is 6.16. The van der Waals surface area contributed by atoms with Crippen LogP contribution < -0.4 is 10.1 Å². The van der Waals surface area contributed by atoms with Gasteiger partial charge in [-0.3, -0.25) is 9.79 Å². The first-order valence-electron chi connectivity index (χ1n) is 11.7. The van der Waals surface area contributed by atoms with Crippen molar-refractivity contribution in [2.75, 3.05) is 0 Å². The summed E-state index contributed by atoms with van der Waals surface area (Å²) >= 11 is 0. The fourth-order valence-electron chi connectivity index (χ4n) is 3.89. The van der Waals surface area contributed by atoms with Gasteiger partial charge in [0, 0.05) is 41.2 Å². The van der Waals surface area contributed by atoms with Crippen molar-refractivity contribution in [2.45, 2.75) is 20.4 Å². The maximum Gasteiger partial charge on any atom is 0.251 e. The van der Waals surface area contributed by atoms with Crippen molar-refractivity contribution >= 4 is 24.1 Å². The van der Waals surface area contributed by atoms with Gasteiger partial charge in [-0.05, 0) is 74.2 Å². The number of rotatable bonds is 8. The van der Waals surface area contributed by atoms with E-state index in [4.69, 9.17) is 10.00 Å². The summed E-state index contributed by atoms with van der Waals surface area (Å²) in [7, 11) is 0. The highest BCUT2D eigenvalue weighted by Crippen LogP contribution is 2.34. The fraction of sp³-hybridized carbons (Fsp3) is 0.100. The van der Waals surface area contributed by atoms with E-state index in [1.54, 1.807) is 49.7 Å². The molecule has 1 heterocycles. The number of aliphatic imine (C=N–C) groups is 1. The van der Waals surface area contributed by atoms with E-state index in [9.17, 15) is 9.18 Å². The minimum Gasteiger partial charge on any atom is -0.457 e. The lowest BCUT2D eigenvalue weighted by Gasteiger charge is -2.16. The van der Waals surface area contributed by atoms with Crippen LogP contribution in [0.15, 0.2) is 84.4 Å². The average molecular weight is 506 g/mol. The Morgan fingerprint density at radius 1 is 1.13 bits per heavy atom. The first-order valence-corrected chi connectivity index (χ1v) is 11.7. The molecule has 4 rings (SSSR count). The fourth-order valence-corrected chi connectivity index (χ4v) is 3.89. The molecule has 0 radical (unpaired) electrons. The molecule has 0 aliphatic carbocycles. The molecule has 0 fully saturated rings. The Morgan fingerprint density at radius 2 is 1.92 bits per heavy atom. The van der Waals surface area contributed by atoms with Crippen molar-refractivity contribution in [2.24, 2.45) is 4.99 Å². The first kappa shape index (κ1) is 25.9. The summed E-state index contributed by atoms with van der Waals surface area (Å²) in [6.07, 6.45) is 6.74. The zero-order valence-electron chi connectivity index (χ0n) is 20.9. The standard InChI is InChI=1S/C30H24FN5O2/c1-4-28(25-11-10-21(13-27(25)33-3)23-16-34-18-35-17-23)38-29-7-5-6-24(19(29)2)30(37)36-15-20-8-9-22(14-32)26(31)12-20/h4-13,16-18H,3,15H2,1-2H3,(H,36,37)/b28-4+. The molecule has 7 nitrogen and oxygen atoms in total. The molecule has 0 spiro atoms. The molecule has 4 aromatic rings. The van der Waals surface area contributed by atoms with Crippen LogP contribution >= 0.6 is 0 Å². The highest BCUT2D eigenvalue weighted by atomic mass is 19.1. The van der Waals surface area contributed by atoms with Crippen molar-refractivity contribution in [3.63, 3.8) is 0 Å². The van der Waals surface area contributed by atoms with Gasteiger partial charge in [-0.1, -0.05) is 18.2 Å². The van der Waals surface area contributed by atoms with Crippen LogP contribution in [0.25, 0.3) is 16.9 Å². The summed E-state index contributed by atoms with van der Waals surface area (Å²) in [5.74, 6) is 0.105. The van der Waals surface area contributed by atoms with Crippen molar-refractivity contribution in [3.05, 3.63) is 113 Å². The molecule has 0 saturated carbocycles. The lowest BCUT2D eigenvalue weighted by atomic mass is 10.0. The van der Waals surface area contributed by atoms with Gasteiger partial charge >= 0.3 is 0 Å². The minimum absolute atomic E-state index is 0.0425. The lowest BCUT2D eigenvalue weighted by Crippen LogP contribution is -2.23. The van der Waals surface area contributed by atoms with Crippen LogP contribution in [0.3, 0.4) is 0 Å². The number of allylic oxidation sites excluding steroid dienone is 1. The third-order valence-electron chi connectivity index (χ3n) is 5.95. The number of aromatic nitrogens is 2. The van der Waals surface area contributed by atoms with E-state index in [2.05, 4.69) is 27.0 Å². The Hall–Kier alpha value is -5.16. The number of nitrogens with zero attached hydrogens (tertiary/aromatic N) is 4. The van der Waals surface area contributed by atoms with Gasteiger partial charge in [-0.2, -0.15) is 5.26 Å². The zero-order valence-corrected chi connectivity index (χ0v) is 20.9. The molecule has 0 saturated heterocycles. The molecule has 0 aliphatic rings. The second-order valence-electron chi connectivity index (χ2n) is 8.31. The highest BCUT2D eigenvalue weighted by Gasteiger charge is 2.16. The lowest BCUT2D eigenvalue weighted by molar-refractivity contribution is 0.0950. The molecule has 8 heteroatoms. The molecule has 1 aromatic heterocycles.